The number of halogens is 1. The molecule has 0 aromatic carbocycles. The second-order valence-electron chi connectivity index (χ2n) is 5.76. The van der Waals surface area contributed by atoms with E-state index in [1.807, 2.05) is 13.8 Å². The lowest BCUT2D eigenvalue weighted by atomic mass is 10.2. The van der Waals surface area contributed by atoms with Crippen molar-refractivity contribution >= 4 is 17.5 Å². The van der Waals surface area contributed by atoms with Gasteiger partial charge in [0.25, 0.3) is 5.91 Å². The van der Waals surface area contributed by atoms with Crippen LogP contribution in [0.15, 0.2) is 49.1 Å². The standard InChI is InChI=1S/C18H19ClN6O2/c1-3-24(13(2)12-27-16-7-6-14(19)11-21-16)18(26)15-5-4-8-20-17(15)25-22-9-10-23-25/h4-11,13H,3,12H2,1-2H3/t13-/m0/s1. The molecule has 3 aromatic heterocycles. The molecule has 0 aliphatic heterocycles. The van der Waals surface area contributed by atoms with Gasteiger partial charge in [0.1, 0.15) is 6.61 Å². The molecule has 1 amide bonds. The van der Waals surface area contributed by atoms with Crippen molar-refractivity contribution in [2.75, 3.05) is 13.2 Å². The van der Waals surface area contributed by atoms with Crippen molar-refractivity contribution in [1.82, 2.24) is 29.9 Å². The highest BCUT2D eigenvalue weighted by Gasteiger charge is 2.24. The summed E-state index contributed by atoms with van der Waals surface area (Å²) in [5, 5.41) is 8.68. The van der Waals surface area contributed by atoms with E-state index in [4.69, 9.17) is 16.3 Å². The van der Waals surface area contributed by atoms with E-state index >= 15 is 0 Å². The van der Waals surface area contributed by atoms with Gasteiger partial charge in [-0.15, -0.1) is 4.80 Å². The summed E-state index contributed by atoms with van der Waals surface area (Å²) in [6, 6.07) is 6.64. The van der Waals surface area contributed by atoms with Gasteiger partial charge in [-0.05, 0) is 32.0 Å². The molecule has 0 aliphatic rings. The fraction of sp³-hybridized carbons (Fsp3) is 0.278. The molecule has 27 heavy (non-hydrogen) atoms. The highest BCUT2D eigenvalue weighted by Crippen LogP contribution is 2.16. The van der Waals surface area contributed by atoms with E-state index in [2.05, 4.69) is 20.2 Å². The molecule has 0 radical (unpaired) electrons. The molecule has 0 saturated carbocycles. The minimum absolute atomic E-state index is 0.168. The Kier molecular flexibility index (Phi) is 5.97. The molecule has 0 saturated heterocycles. The van der Waals surface area contributed by atoms with Crippen LogP contribution in [0, 0.1) is 0 Å². The van der Waals surface area contributed by atoms with Crippen molar-refractivity contribution in [3.8, 4) is 11.7 Å². The lowest BCUT2D eigenvalue weighted by Crippen LogP contribution is -2.42. The monoisotopic (exact) mass is 386 g/mol. The summed E-state index contributed by atoms with van der Waals surface area (Å²) in [5.74, 6) is 0.675. The van der Waals surface area contributed by atoms with E-state index in [0.29, 0.717) is 35.4 Å². The van der Waals surface area contributed by atoms with Crippen molar-refractivity contribution in [3.63, 3.8) is 0 Å². The lowest BCUT2D eigenvalue weighted by Gasteiger charge is -2.28. The third kappa shape index (κ3) is 4.40. The Morgan fingerprint density at radius 3 is 2.67 bits per heavy atom. The van der Waals surface area contributed by atoms with Crippen LogP contribution in [0.5, 0.6) is 5.88 Å². The predicted molar refractivity (Wildman–Crippen MR) is 100 cm³/mol. The highest BCUT2D eigenvalue weighted by atomic mass is 35.5. The van der Waals surface area contributed by atoms with Gasteiger partial charge < -0.3 is 9.64 Å². The molecule has 1 atom stereocenters. The first-order valence-electron chi connectivity index (χ1n) is 8.47. The fourth-order valence-electron chi connectivity index (χ4n) is 2.60. The summed E-state index contributed by atoms with van der Waals surface area (Å²) in [7, 11) is 0. The summed E-state index contributed by atoms with van der Waals surface area (Å²) >= 11 is 5.82. The van der Waals surface area contributed by atoms with Crippen LogP contribution in [0.1, 0.15) is 24.2 Å². The van der Waals surface area contributed by atoms with E-state index in [1.165, 1.54) is 23.4 Å². The van der Waals surface area contributed by atoms with Crippen molar-refractivity contribution in [2.24, 2.45) is 0 Å². The number of pyridine rings is 2. The second-order valence-corrected chi connectivity index (χ2v) is 6.20. The Morgan fingerprint density at radius 1 is 1.22 bits per heavy atom. The fourth-order valence-corrected chi connectivity index (χ4v) is 2.71. The summed E-state index contributed by atoms with van der Waals surface area (Å²) in [4.78, 5) is 24.5. The van der Waals surface area contributed by atoms with Crippen LogP contribution in [-0.2, 0) is 0 Å². The predicted octanol–water partition coefficient (Wildman–Crippen LogP) is 2.64. The Bertz CT molecular complexity index is 885. The maximum absolute atomic E-state index is 13.1. The van der Waals surface area contributed by atoms with Gasteiger partial charge in [0, 0.05) is 25.0 Å². The number of amides is 1. The largest absolute Gasteiger partial charge is 0.475 e. The van der Waals surface area contributed by atoms with Gasteiger partial charge in [-0.3, -0.25) is 4.79 Å². The zero-order chi connectivity index (χ0) is 19.2. The molecular formula is C18H19ClN6O2. The van der Waals surface area contributed by atoms with Gasteiger partial charge in [0.15, 0.2) is 5.82 Å². The van der Waals surface area contributed by atoms with Gasteiger partial charge in [-0.2, -0.15) is 10.2 Å². The third-order valence-electron chi connectivity index (χ3n) is 3.93. The molecule has 0 N–H and O–H groups in total. The van der Waals surface area contributed by atoms with Gasteiger partial charge >= 0.3 is 0 Å². The molecule has 0 bridgehead atoms. The third-order valence-corrected chi connectivity index (χ3v) is 4.16. The molecule has 3 heterocycles. The summed E-state index contributed by atoms with van der Waals surface area (Å²) < 4.78 is 5.68. The van der Waals surface area contributed by atoms with Crippen LogP contribution >= 0.6 is 11.6 Å². The Balaban J connectivity index is 1.75. The first-order valence-corrected chi connectivity index (χ1v) is 8.85. The SMILES string of the molecule is CCN(C(=O)c1cccnc1-n1nccn1)[C@@H](C)COc1ccc(Cl)cn1. The van der Waals surface area contributed by atoms with Crippen molar-refractivity contribution in [1.29, 1.82) is 0 Å². The first kappa shape index (κ1) is 18.8. The number of nitrogens with zero attached hydrogens (tertiary/aromatic N) is 6. The number of rotatable bonds is 7. The average molecular weight is 387 g/mol. The smallest absolute Gasteiger partial charge is 0.258 e. The molecule has 140 valence electrons. The number of likely N-dealkylation sites (N-methyl/N-ethyl adjacent to an activating group) is 1. The molecule has 0 aliphatic carbocycles. The highest BCUT2D eigenvalue weighted by molar-refractivity contribution is 6.30. The number of hydrogen-bond donors (Lipinski definition) is 0. The lowest BCUT2D eigenvalue weighted by molar-refractivity contribution is 0.0645. The normalized spacial score (nSPS) is 11.8. The second kappa shape index (κ2) is 8.59. The molecule has 0 unspecified atom stereocenters. The molecule has 8 nitrogen and oxygen atoms in total. The topological polar surface area (TPSA) is 86.0 Å². The Morgan fingerprint density at radius 2 is 2.00 bits per heavy atom. The van der Waals surface area contributed by atoms with Gasteiger partial charge in [-0.1, -0.05) is 11.6 Å². The first-order chi connectivity index (χ1) is 13.1. The van der Waals surface area contributed by atoms with Crippen molar-refractivity contribution in [3.05, 3.63) is 59.6 Å². The van der Waals surface area contributed by atoms with Gasteiger partial charge in [0.2, 0.25) is 5.88 Å². The summed E-state index contributed by atoms with van der Waals surface area (Å²) in [6.07, 6.45) is 6.19. The van der Waals surface area contributed by atoms with Crippen molar-refractivity contribution < 1.29 is 9.53 Å². The van der Waals surface area contributed by atoms with Crippen LogP contribution in [0.2, 0.25) is 5.02 Å². The zero-order valence-corrected chi connectivity index (χ0v) is 15.7. The average Bonchev–Trinajstić information content (AvgIpc) is 3.22. The number of ether oxygens (including phenoxy) is 1. The molecule has 0 fully saturated rings. The van der Waals surface area contributed by atoms with Crippen LogP contribution in [0.25, 0.3) is 5.82 Å². The van der Waals surface area contributed by atoms with Crippen LogP contribution in [0.3, 0.4) is 0 Å². The quantitative estimate of drug-likeness (QED) is 0.620. The Labute approximate surface area is 161 Å². The molecule has 3 aromatic rings. The Hall–Kier alpha value is -3.00. The zero-order valence-electron chi connectivity index (χ0n) is 15.0. The van der Waals surface area contributed by atoms with E-state index < -0.39 is 0 Å². The number of carbonyl (C=O) groups excluding carboxylic acids is 1. The molecule has 3 rings (SSSR count). The number of carbonyl (C=O) groups is 1. The van der Waals surface area contributed by atoms with Crippen LogP contribution in [0.4, 0.5) is 0 Å². The van der Waals surface area contributed by atoms with Crippen LogP contribution < -0.4 is 4.74 Å². The number of aromatic nitrogens is 5. The van der Waals surface area contributed by atoms with E-state index in [9.17, 15) is 4.79 Å². The van der Waals surface area contributed by atoms with Gasteiger partial charge in [0.05, 0.1) is 29.0 Å². The minimum Gasteiger partial charge on any atom is -0.475 e. The molecule has 9 heteroatoms. The van der Waals surface area contributed by atoms with Crippen LogP contribution in [-0.4, -0.2) is 55.0 Å². The molecular weight excluding hydrogens is 368 g/mol. The van der Waals surface area contributed by atoms with Crippen molar-refractivity contribution in [2.45, 2.75) is 19.9 Å². The van der Waals surface area contributed by atoms with E-state index in [1.54, 1.807) is 35.4 Å². The number of hydrogen-bond acceptors (Lipinski definition) is 6. The van der Waals surface area contributed by atoms with E-state index in [0.717, 1.165) is 0 Å². The maximum atomic E-state index is 13.1. The summed E-state index contributed by atoms with van der Waals surface area (Å²) in [5.41, 5.74) is 0.423. The maximum Gasteiger partial charge on any atom is 0.258 e. The summed E-state index contributed by atoms with van der Waals surface area (Å²) in [6.45, 7) is 4.64. The molecule has 0 spiro atoms. The van der Waals surface area contributed by atoms with E-state index in [-0.39, 0.29) is 11.9 Å². The van der Waals surface area contributed by atoms with Gasteiger partial charge in [-0.25, -0.2) is 9.97 Å². The minimum atomic E-state index is -0.182.